The third-order valence-electron chi connectivity index (χ3n) is 8.12. The second-order valence-corrected chi connectivity index (χ2v) is 10.0. The third-order valence-corrected chi connectivity index (χ3v) is 8.12. The molecule has 0 amide bonds. The van der Waals surface area contributed by atoms with Gasteiger partial charge in [0.2, 0.25) is 5.82 Å². The zero-order valence-corrected chi connectivity index (χ0v) is 19.4. The molecular weight excluding hydrogens is 378 g/mol. The summed E-state index contributed by atoms with van der Waals surface area (Å²) in [5.41, 5.74) is 0.557. The topological polar surface area (TPSA) is 9.23 Å². The van der Waals surface area contributed by atoms with Crippen molar-refractivity contribution in [2.24, 2.45) is 23.7 Å². The maximum Gasteiger partial charge on any atom is 0.200 e. The van der Waals surface area contributed by atoms with Crippen molar-refractivity contribution in [3.05, 3.63) is 29.3 Å². The second kappa shape index (κ2) is 11.5. The zero-order chi connectivity index (χ0) is 21.5. The minimum Gasteiger partial charge on any atom is -0.490 e. The monoisotopic (exact) mass is 420 g/mol. The predicted molar refractivity (Wildman–Crippen MR) is 121 cm³/mol. The van der Waals surface area contributed by atoms with Crippen molar-refractivity contribution in [1.29, 1.82) is 0 Å². The Balaban J connectivity index is 1.52. The molecule has 2 aliphatic rings. The van der Waals surface area contributed by atoms with E-state index in [1.807, 2.05) is 0 Å². The molecule has 1 aromatic rings. The molecule has 0 bridgehead atoms. The van der Waals surface area contributed by atoms with E-state index in [0.29, 0.717) is 12.2 Å². The van der Waals surface area contributed by atoms with Crippen molar-refractivity contribution in [3.63, 3.8) is 0 Å². The number of rotatable bonds is 9. The molecule has 3 heteroatoms. The molecule has 170 valence electrons. The molecule has 1 atom stereocenters. The van der Waals surface area contributed by atoms with Crippen LogP contribution in [0.3, 0.4) is 0 Å². The van der Waals surface area contributed by atoms with Crippen LogP contribution >= 0.6 is 0 Å². The summed E-state index contributed by atoms with van der Waals surface area (Å²) in [6.45, 7) is 7.25. The fourth-order valence-electron chi connectivity index (χ4n) is 6.05. The molecule has 2 aliphatic carbocycles. The average molecular weight is 421 g/mol. The summed E-state index contributed by atoms with van der Waals surface area (Å²) in [7, 11) is 0. The van der Waals surface area contributed by atoms with Crippen molar-refractivity contribution in [1.82, 2.24) is 0 Å². The first-order valence-electron chi connectivity index (χ1n) is 12.7. The average Bonchev–Trinajstić information content (AvgIpc) is 2.77. The van der Waals surface area contributed by atoms with Gasteiger partial charge in [0.05, 0.1) is 6.61 Å². The Morgan fingerprint density at radius 3 is 2.10 bits per heavy atom. The van der Waals surface area contributed by atoms with Gasteiger partial charge in [-0.15, -0.1) is 0 Å². The smallest absolute Gasteiger partial charge is 0.200 e. The predicted octanol–water partition coefficient (Wildman–Crippen LogP) is 8.66. The Kier molecular flexibility index (Phi) is 9.01. The van der Waals surface area contributed by atoms with Gasteiger partial charge in [0, 0.05) is 0 Å². The fourth-order valence-corrected chi connectivity index (χ4v) is 6.05. The standard InChI is InChI=1S/C27H42F2O/c1-4-6-18-30-25-17-16-24(26(28)27(25)29)23-14-12-22(13-15-23)19(3)21-10-8-20(7-5-2)9-11-21/h16-17,19-23H,4-15,18H2,1-3H3/t19?,20?,21?,22-,23-. The molecule has 0 spiro atoms. The van der Waals surface area contributed by atoms with E-state index in [9.17, 15) is 8.78 Å². The van der Waals surface area contributed by atoms with E-state index in [-0.39, 0.29) is 11.7 Å². The fraction of sp³-hybridized carbons (Fsp3) is 0.778. The number of ether oxygens (including phenoxy) is 1. The van der Waals surface area contributed by atoms with E-state index in [2.05, 4.69) is 20.8 Å². The molecule has 0 radical (unpaired) electrons. The summed E-state index contributed by atoms with van der Waals surface area (Å²) >= 11 is 0. The van der Waals surface area contributed by atoms with Crippen molar-refractivity contribution in [2.45, 2.75) is 104 Å². The van der Waals surface area contributed by atoms with E-state index in [1.165, 1.54) is 38.5 Å². The van der Waals surface area contributed by atoms with E-state index >= 15 is 0 Å². The van der Waals surface area contributed by atoms with Gasteiger partial charge in [-0.1, -0.05) is 58.9 Å². The summed E-state index contributed by atoms with van der Waals surface area (Å²) in [6, 6.07) is 3.40. The van der Waals surface area contributed by atoms with Crippen LogP contribution in [0.25, 0.3) is 0 Å². The molecule has 1 nitrogen and oxygen atoms in total. The van der Waals surface area contributed by atoms with E-state index in [4.69, 9.17) is 4.74 Å². The van der Waals surface area contributed by atoms with E-state index < -0.39 is 11.6 Å². The maximum absolute atomic E-state index is 14.7. The summed E-state index contributed by atoms with van der Waals surface area (Å²) in [4.78, 5) is 0. The number of hydrogen-bond donors (Lipinski definition) is 0. The van der Waals surface area contributed by atoms with Crippen LogP contribution in [-0.4, -0.2) is 6.61 Å². The van der Waals surface area contributed by atoms with Gasteiger partial charge in [-0.3, -0.25) is 0 Å². The number of benzene rings is 1. The van der Waals surface area contributed by atoms with Gasteiger partial charge in [-0.05, 0) is 86.2 Å². The van der Waals surface area contributed by atoms with Crippen LogP contribution in [0.1, 0.15) is 109 Å². The van der Waals surface area contributed by atoms with Gasteiger partial charge in [0.15, 0.2) is 11.6 Å². The summed E-state index contributed by atoms with van der Waals surface area (Å²) in [6.07, 6.45) is 14.4. The lowest BCUT2D eigenvalue weighted by molar-refractivity contribution is 0.131. The quantitative estimate of drug-likeness (QED) is 0.363. The Hall–Kier alpha value is -1.12. The minimum atomic E-state index is -0.803. The van der Waals surface area contributed by atoms with Gasteiger partial charge in [-0.2, -0.15) is 4.39 Å². The van der Waals surface area contributed by atoms with Gasteiger partial charge >= 0.3 is 0 Å². The minimum absolute atomic E-state index is 0.0608. The van der Waals surface area contributed by atoms with Crippen molar-refractivity contribution in [3.8, 4) is 5.75 Å². The van der Waals surface area contributed by atoms with Crippen LogP contribution in [0.15, 0.2) is 12.1 Å². The lowest BCUT2D eigenvalue weighted by atomic mass is 9.66. The molecule has 1 unspecified atom stereocenters. The number of halogens is 2. The van der Waals surface area contributed by atoms with Crippen LogP contribution in [0, 0.1) is 35.3 Å². The highest BCUT2D eigenvalue weighted by Crippen LogP contribution is 2.45. The van der Waals surface area contributed by atoms with Crippen LogP contribution in [0.4, 0.5) is 8.78 Å². The van der Waals surface area contributed by atoms with Crippen molar-refractivity contribution in [2.75, 3.05) is 6.61 Å². The molecule has 2 saturated carbocycles. The second-order valence-electron chi connectivity index (χ2n) is 10.0. The van der Waals surface area contributed by atoms with Gasteiger partial charge < -0.3 is 4.74 Å². The van der Waals surface area contributed by atoms with Crippen molar-refractivity contribution < 1.29 is 13.5 Å². The molecule has 3 rings (SSSR count). The molecule has 0 saturated heterocycles. The van der Waals surface area contributed by atoms with Gasteiger partial charge in [-0.25, -0.2) is 4.39 Å². The number of hydrogen-bond acceptors (Lipinski definition) is 1. The lowest BCUT2D eigenvalue weighted by Crippen LogP contribution is -2.28. The molecule has 2 fully saturated rings. The van der Waals surface area contributed by atoms with Crippen LogP contribution < -0.4 is 4.74 Å². The Bertz CT molecular complexity index is 643. The largest absolute Gasteiger partial charge is 0.490 e. The van der Waals surface area contributed by atoms with Gasteiger partial charge in [0.25, 0.3) is 0 Å². The first-order chi connectivity index (χ1) is 14.5. The van der Waals surface area contributed by atoms with Crippen LogP contribution in [0.2, 0.25) is 0 Å². The Morgan fingerprint density at radius 2 is 1.50 bits per heavy atom. The molecule has 0 aromatic heterocycles. The summed E-state index contributed by atoms with van der Waals surface area (Å²) in [5.74, 6) is 2.06. The van der Waals surface area contributed by atoms with E-state index in [0.717, 1.165) is 62.2 Å². The molecule has 1 aromatic carbocycles. The molecule has 0 aliphatic heterocycles. The SMILES string of the molecule is CCCCOc1ccc([C@H]2CC[C@H](C(C)C3CCC(CCC)CC3)CC2)c(F)c1F. The maximum atomic E-state index is 14.7. The number of unbranched alkanes of at least 4 members (excludes halogenated alkanes) is 1. The first-order valence-corrected chi connectivity index (χ1v) is 12.7. The van der Waals surface area contributed by atoms with E-state index in [1.54, 1.807) is 12.1 Å². The highest BCUT2D eigenvalue weighted by atomic mass is 19.2. The molecule has 30 heavy (non-hydrogen) atoms. The lowest BCUT2D eigenvalue weighted by Gasteiger charge is -2.39. The molecular formula is C27H42F2O. The molecule has 0 N–H and O–H groups in total. The van der Waals surface area contributed by atoms with Crippen molar-refractivity contribution >= 4 is 0 Å². The van der Waals surface area contributed by atoms with Crippen LogP contribution in [0.5, 0.6) is 5.75 Å². The summed E-state index contributed by atoms with van der Waals surface area (Å²) < 4.78 is 34.6. The highest BCUT2D eigenvalue weighted by Gasteiger charge is 2.33. The zero-order valence-electron chi connectivity index (χ0n) is 19.4. The molecule has 0 heterocycles. The normalized spacial score (nSPS) is 28.3. The summed E-state index contributed by atoms with van der Waals surface area (Å²) in [5, 5.41) is 0. The third kappa shape index (κ3) is 5.77. The Morgan fingerprint density at radius 1 is 0.867 bits per heavy atom. The Labute approximate surface area is 183 Å². The highest BCUT2D eigenvalue weighted by molar-refractivity contribution is 5.33. The van der Waals surface area contributed by atoms with Crippen LogP contribution in [-0.2, 0) is 0 Å². The van der Waals surface area contributed by atoms with Gasteiger partial charge in [0.1, 0.15) is 0 Å². The first kappa shape index (κ1) is 23.5.